The van der Waals surface area contributed by atoms with Gasteiger partial charge in [-0.05, 0) is 11.1 Å². The Labute approximate surface area is 179 Å². The number of hydrogen-bond donors (Lipinski definition) is 1. The van der Waals surface area contributed by atoms with Crippen LogP contribution in [0.2, 0.25) is 0 Å². The first-order valence-corrected chi connectivity index (χ1v) is 10.0. The molecular weight excluding hydrogens is 392 g/mol. The molecule has 1 fully saturated rings. The Balaban J connectivity index is 1.25. The molecule has 1 saturated heterocycles. The van der Waals surface area contributed by atoms with E-state index in [9.17, 15) is 4.79 Å². The van der Waals surface area contributed by atoms with Crippen molar-refractivity contribution in [1.82, 2.24) is 30.3 Å². The second kappa shape index (κ2) is 8.35. The highest BCUT2D eigenvalue weighted by atomic mass is 16.5. The molecule has 1 N–H and O–H groups in total. The summed E-state index contributed by atoms with van der Waals surface area (Å²) in [5.41, 5.74) is 2.62. The lowest BCUT2D eigenvalue weighted by atomic mass is 9.98. The third-order valence-electron chi connectivity index (χ3n) is 5.29. The molecule has 0 unspecified atom stereocenters. The zero-order valence-corrected chi connectivity index (χ0v) is 16.6. The van der Waals surface area contributed by atoms with E-state index >= 15 is 0 Å². The number of amides is 2. The Hall–Kier alpha value is -4.07. The lowest BCUT2D eigenvalue weighted by molar-refractivity contribution is 0.135. The Morgan fingerprint density at radius 1 is 1.00 bits per heavy atom. The third-order valence-corrected chi connectivity index (χ3v) is 5.29. The smallest absolute Gasteiger partial charge is 0.318 e. The first kappa shape index (κ1) is 18.9. The van der Waals surface area contributed by atoms with Gasteiger partial charge < -0.3 is 14.7 Å². The predicted molar refractivity (Wildman–Crippen MR) is 113 cm³/mol. The van der Waals surface area contributed by atoms with Gasteiger partial charge in [0.1, 0.15) is 5.69 Å². The number of carbonyl (C=O) groups excluding carboxylic acids is 1. The number of carbonyl (C=O) groups is 1. The molecule has 8 heteroatoms. The SMILES string of the molecule is O=C(NC(c1ccccc1)c1ccccc1)N1CC(c2nc(-c3cnccn3)no2)C1. The number of rotatable bonds is 5. The van der Waals surface area contributed by atoms with Crippen LogP contribution in [-0.4, -0.2) is 44.1 Å². The molecule has 2 aromatic heterocycles. The van der Waals surface area contributed by atoms with E-state index in [1.54, 1.807) is 23.5 Å². The molecule has 5 rings (SSSR count). The monoisotopic (exact) mass is 412 g/mol. The number of likely N-dealkylation sites (tertiary alicyclic amines) is 1. The van der Waals surface area contributed by atoms with E-state index in [0.29, 0.717) is 30.5 Å². The average Bonchev–Trinajstić information content (AvgIpc) is 3.28. The zero-order valence-electron chi connectivity index (χ0n) is 16.6. The lowest BCUT2D eigenvalue weighted by Gasteiger charge is -2.38. The molecule has 1 aliphatic rings. The van der Waals surface area contributed by atoms with Crippen LogP contribution in [0.25, 0.3) is 11.5 Å². The molecule has 2 aromatic carbocycles. The number of aromatic nitrogens is 4. The molecule has 8 nitrogen and oxygen atoms in total. The van der Waals surface area contributed by atoms with Crippen molar-refractivity contribution in [3.05, 3.63) is 96.3 Å². The summed E-state index contributed by atoms with van der Waals surface area (Å²) in [5, 5.41) is 7.14. The molecule has 0 saturated carbocycles. The topological polar surface area (TPSA) is 97.0 Å². The van der Waals surface area contributed by atoms with Crippen LogP contribution in [0.5, 0.6) is 0 Å². The van der Waals surface area contributed by atoms with Gasteiger partial charge in [-0.15, -0.1) is 0 Å². The van der Waals surface area contributed by atoms with Gasteiger partial charge in [-0.3, -0.25) is 4.98 Å². The summed E-state index contributed by atoms with van der Waals surface area (Å²) in [6, 6.07) is 19.5. The molecule has 0 spiro atoms. The fourth-order valence-electron chi connectivity index (χ4n) is 3.59. The summed E-state index contributed by atoms with van der Waals surface area (Å²) < 4.78 is 5.38. The van der Waals surface area contributed by atoms with Crippen molar-refractivity contribution in [3.63, 3.8) is 0 Å². The predicted octanol–water partition coefficient (Wildman–Crippen LogP) is 3.43. The minimum Gasteiger partial charge on any atom is -0.338 e. The van der Waals surface area contributed by atoms with Gasteiger partial charge in [-0.1, -0.05) is 65.8 Å². The van der Waals surface area contributed by atoms with Crippen LogP contribution in [0, 0.1) is 0 Å². The Bertz CT molecular complexity index is 1100. The van der Waals surface area contributed by atoms with Crippen molar-refractivity contribution in [2.75, 3.05) is 13.1 Å². The maximum Gasteiger partial charge on any atom is 0.318 e. The van der Waals surface area contributed by atoms with Crippen LogP contribution in [0.3, 0.4) is 0 Å². The van der Waals surface area contributed by atoms with Gasteiger partial charge in [0.05, 0.1) is 18.2 Å². The van der Waals surface area contributed by atoms with Crippen LogP contribution in [-0.2, 0) is 0 Å². The molecule has 4 aromatic rings. The fourth-order valence-corrected chi connectivity index (χ4v) is 3.59. The quantitative estimate of drug-likeness (QED) is 0.539. The maximum absolute atomic E-state index is 12.9. The first-order chi connectivity index (χ1) is 15.3. The Morgan fingerprint density at radius 2 is 1.68 bits per heavy atom. The number of urea groups is 1. The molecule has 2 amide bonds. The van der Waals surface area contributed by atoms with Crippen LogP contribution in [0.4, 0.5) is 4.79 Å². The van der Waals surface area contributed by atoms with Gasteiger partial charge in [-0.25, -0.2) is 9.78 Å². The van der Waals surface area contributed by atoms with E-state index in [1.165, 1.54) is 0 Å². The van der Waals surface area contributed by atoms with Crippen LogP contribution in [0.15, 0.2) is 83.8 Å². The van der Waals surface area contributed by atoms with Gasteiger partial charge in [0, 0.05) is 25.5 Å². The van der Waals surface area contributed by atoms with E-state index in [0.717, 1.165) is 11.1 Å². The lowest BCUT2D eigenvalue weighted by Crippen LogP contribution is -2.53. The molecular formula is C23H20N6O2. The Kier molecular flexibility index (Phi) is 5.10. The molecule has 0 radical (unpaired) electrons. The summed E-state index contributed by atoms with van der Waals surface area (Å²) >= 11 is 0. The molecule has 0 bridgehead atoms. The number of nitrogens with zero attached hydrogens (tertiary/aromatic N) is 5. The van der Waals surface area contributed by atoms with Crippen LogP contribution in [0.1, 0.15) is 29.0 Å². The van der Waals surface area contributed by atoms with Gasteiger partial charge in [0.15, 0.2) is 0 Å². The highest BCUT2D eigenvalue weighted by Crippen LogP contribution is 2.28. The standard InChI is InChI=1S/C23H20N6O2/c30-23(26-20(16-7-3-1-4-8-16)17-9-5-2-6-10-17)29-14-18(15-29)22-27-21(28-31-22)19-13-24-11-12-25-19/h1-13,18,20H,14-15H2,(H,26,30). The minimum absolute atomic E-state index is 0.00979. The van der Waals surface area contributed by atoms with Crippen molar-refractivity contribution >= 4 is 6.03 Å². The number of nitrogens with one attached hydrogen (secondary N) is 1. The van der Waals surface area contributed by atoms with E-state index in [4.69, 9.17) is 4.52 Å². The first-order valence-electron chi connectivity index (χ1n) is 10.0. The van der Waals surface area contributed by atoms with Gasteiger partial charge in [-0.2, -0.15) is 4.98 Å². The molecule has 31 heavy (non-hydrogen) atoms. The summed E-state index contributed by atoms with van der Waals surface area (Å²) in [7, 11) is 0. The largest absolute Gasteiger partial charge is 0.338 e. The van der Waals surface area contributed by atoms with Gasteiger partial charge in [0.25, 0.3) is 0 Å². The fraction of sp³-hybridized carbons (Fsp3) is 0.174. The van der Waals surface area contributed by atoms with Gasteiger partial charge >= 0.3 is 6.03 Å². The summed E-state index contributed by atoms with van der Waals surface area (Å²) in [6.07, 6.45) is 4.75. The second-order valence-corrected chi connectivity index (χ2v) is 7.35. The maximum atomic E-state index is 12.9. The highest BCUT2D eigenvalue weighted by molar-refractivity contribution is 5.76. The van der Waals surface area contributed by atoms with Crippen LogP contribution >= 0.6 is 0 Å². The van der Waals surface area contributed by atoms with Crippen molar-refractivity contribution in [2.45, 2.75) is 12.0 Å². The van der Waals surface area contributed by atoms with Gasteiger partial charge in [0.2, 0.25) is 11.7 Å². The van der Waals surface area contributed by atoms with E-state index in [-0.39, 0.29) is 18.0 Å². The van der Waals surface area contributed by atoms with Crippen LogP contribution < -0.4 is 5.32 Å². The number of benzene rings is 2. The number of hydrogen-bond acceptors (Lipinski definition) is 6. The average molecular weight is 412 g/mol. The third kappa shape index (κ3) is 4.00. The molecule has 3 heterocycles. The summed E-state index contributed by atoms with van der Waals surface area (Å²) in [5.74, 6) is 0.919. The molecule has 0 aliphatic carbocycles. The van der Waals surface area contributed by atoms with Crippen molar-refractivity contribution in [3.8, 4) is 11.5 Å². The summed E-state index contributed by atoms with van der Waals surface area (Å²) in [6.45, 7) is 1.04. The van der Waals surface area contributed by atoms with E-state index in [2.05, 4.69) is 25.4 Å². The zero-order chi connectivity index (χ0) is 21.0. The normalized spacial score (nSPS) is 13.8. The van der Waals surface area contributed by atoms with E-state index in [1.807, 2.05) is 60.7 Å². The molecule has 1 aliphatic heterocycles. The van der Waals surface area contributed by atoms with Crippen molar-refractivity contribution in [1.29, 1.82) is 0 Å². The van der Waals surface area contributed by atoms with Crippen molar-refractivity contribution in [2.24, 2.45) is 0 Å². The molecule has 154 valence electrons. The Morgan fingerprint density at radius 3 is 2.29 bits per heavy atom. The molecule has 0 atom stereocenters. The highest BCUT2D eigenvalue weighted by Gasteiger charge is 2.36. The summed E-state index contributed by atoms with van der Waals surface area (Å²) in [4.78, 5) is 27.3. The minimum atomic E-state index is -0.222. The second-order valence-electron chi connectivity index (χ2n) is 7.35. The van der Waals surface area contributed by atoms with E-state index < -0.39 is 0 Å². The van der Waals surface area contributed by atoms with Crippen molar-refractivity contribution < 1.29 is 9.32 Å².